The molecule has 27 heavy (non-hydrogen) atoms. The zero-order valence-electron chi connectivity index (χ0n) is 15.4. The quantitative estimate of drug-likeness (QED) is 0.706. The van der Waals surface area contributed by atoms with Crippen LogP contribution in [-0.4, -0.2) is 14.8 Å². The maximum Gasteiger partial charge on any atom is 0.276 e. The number of hydrogen-bond acceptors (Lipinski definition) is 4. The molecule has 1 unspecified atom stereocenters. The van der Waals surface area contributed by atoms with Crippen LogP contribution in [-0.2, 0) is 12.8 Å². The smallest absolute Gasteiger partial charge is 0.267 e. The Morgan fingerprint density at radius 3 is 2.85 bits per heavy atom. The third-order valence-electron chi connectivity index (χ3n) is 5.33. The Morgan fingerprint density at radius 1 is 1.22 bits per heavy atom. The van der Waals surface area contributed by atoms with Crippen molar-refractivity contribution in [1.82, 2.24) is 14.8 Å². The first-order valence-corrected chi connectivity index (χ1v) is 9.10. The van der Waals surface area contributed by atoms with Gasteiger partial charge in [0.1, 0.15) is 0 Å². The molecular formula is C22H20N4O. The van der Waals surface area contributed by atoms with Crippen LogP contribution < -0.4 is 5.56 Å². The van der Waals surface area contributed by atoms with E-state index in [2.05, 4.69) is 48.2 Å². The van der Waals surface area contributed by atoms with Gasteiger partial charge in [0.05, 0.1) is 17.8 Å². The van der Waals surface area contributed by atoms with E-state index in [1.54, 1.807) is 18.3 Å². The van der Waals surface area contributed by atoms with Gasteiger partial charge >= 0.3 is 0 Å². The number of nitriles is 1. The minimum absolute atomic E-state index is 0.130. The molecule has 0 N–H and O–H groups in total. The van der Waals surface area contributed by atoms with Crippen LogP contribution in [0.1, 0.15) is 45.7 Å². The van der Waals surface area contributed by atoms with Crippen molar-refractivity contribution in [3.8, 4) is 11.9 Å². The van der Waals surface area contributed by atoms with Crippen LogP contribution in [0.5, 0.6) is 0 Å². The normalized spacial score (nSPS) is 15.8. The second-order valence-corrected chi connectivity index (χ2v) is 7.18. The fraction of sp³-hybridized carbons (Fsp3) is 0.273. The van der Waals surface area contributed by atoms with Gasteiger partial charge in [-0.25, -0.2) is 4.98 Å². The van der Waals surface area contributed by atoms with Crippen molar-refractivity contribution in [2.45, 2.75) is 39.0 Å². The maximum absolute atomic E-state index is 12.9. The molecule has 1 aliphatic carbocycles. The van der Waals surface area contributed by atoms with E-state index in [0.717, 1.165) is 30.4 Å². The van der Waals surface area contributed by atoms with E-state index < -0.39 is 0 Å². The Morgan fingerprint density at radius 2 is 2.07 bits per heavy atom. The molecular weight excluding hydrogens is 336 g/mol. The van der Waals surface area contributed by atoms with Gasteiger partial charge in [-0.1, -0.05) is 23.8 Å². The highest BCUT2D eigenvalue weighted by Gasteiger charge is 2.25. The van der Waals surface area contributed by atoms with Crippen LogP contribution in [0.25, 0.3) is 5.82 Å². The molecule has 3 aromatic rings. The molecule has 4 rings (SSSR count). The molecule has 0 aliphatic heterocycles. The first kappa shape index (κ1) is 17.2. The summed E-state index contributed by atoms with van der Waals surface area (Å²) in [5, 5.41) is 13.4. The standard InChI is InChI=1S/C22H20N4O/c1-14-3-5-19(15(2)9-14)17-4-6-20-18(11-17)13-25-26(22(20)27)21-10-16(12-23)7-8-24-21/h3,5,7-10,13,17H,4,6,11H2,1-2H3. The van der Waals surface area contributed by atoms with Gasteiger partial charge in [-0.3, -0.25) is 4.79 Å². The van der Waals surface area contributed by atoms with Gasteiger partial charge in [0, 0.05) is 17.8 Å². The van der Waals surface area contributed by atoms with Crippen LogP contribution in [0.2, 0.25) is 0 Å². The molecule has 1 atom stereocenters. The summed E-state index contributed by atoms with van der Waals surface area (Å²) in [6, 6.07) is 11.9. The summed E-state index contributed by atoms with van der Waals surface area (Å²) >= 11 is 0. The highest BCUT2D eigenvalue weighted by Crippen LogP contribution is 2.33. The summed E-state index contributed by atoms with van der Waals surface area (Å²) < 4.78 is 1.30. The molecule has 2 heterocycles. The van der Waals surface area contributed by atoms with E-state index in [9.17, 15) is 4.79 Å². The average molecular weight is 356 g/mol. The van der Waals surface area contributed by atoms with Crippen LogP contribution in [0, 0.1) is 25.2 Å². The predicted octanol–water partition coefficient (Wildman–Crippen LogP) is 3.39. The molecule has 0 saturated heterocycles. The van der Waals surface area contributed by atoms with Crippen LogP contribution in [0.4, 0.5) is 0 Å². The van der Waals surface area contributed by atoms with Crippen molar-refractivity contribution < 1.29 is 0 Å². The molecule has 0 spiro atoms. The number of nitrogens with zero attached hydrogens (tertiary/aromatic N) is 4. The average Bonchev–Trinajstić information content (AvgIpc) is 2.68. The lowest BCUT2D eigenvalue weighted by atomic mass is 9.79. The van der Waals surface area contributed by atoms with Crippen LogP contribution in [0.15, 0.2) is 47.5 Å². The minimum Gasteiger partial charge on any atom is -0.267 e. The third kappa shape index (κ3) is 3.15. The molecule has 0 fully saturated rings. The molecule has 0 saturated carbocycles. The lowest BCUT2D eigenvalue weighted by Crippen LogP contribution is -2.30. The fourth-order valence-corrected chi connectivity index (χ4v) is 3.97. The van der Waals surface area contributed by atoms with Crippen molar-refractivity contribution in [3.05, 3.63) is 86.5 Å². The number of pyridine rings is 1. The van der Waals surface area contributed by atoms with E-state index in [1.807, 2.05) is 0 Å². The zero-order chi connectivity index (χ0) is 19.0. The van der Waals surface area contributed by atoms with Gasteiger partial charge in [0.15, 0.2) is 5.82 Å². The maximum atomic E-state index is 12.9. The summed E-state index contributed by atoms with van der Waals surface area (Å²) in [5.74, 6) is 0.800. The Hall–Kier alpha value is -3.26. The van der Waals surface area contributed by atoms with Crippen molar-refractivity contribution in [3.63, 3.8) is 0 Å². The van der Waals surface area contributed by atoms with Crippen LogP contribution in [0.3, 0.4) is 0 Å². The Kier molecular flexibility index (Phi) is 4.33. The third-order valence-corrected chi connectivity index (χ3v) is 5.33. The molecule has 5 heteroatoms. The highest BCUT2D eigenvalue weighted by molar-refractivity contribution is 5.39. The summed E-state index contributed by atoms with van der Waals surface area (Å²) in [6.45, 7) is 4.26. The van der Waals surface area contributed by atoms with Gasteiger partial charge in [-0.15, -0.1) is 0 Å². The van der Waals surface area contributed by atoms with Gasteiger partial charge < -0.3 is 0 Å². The number of fused-ring (bicyclic) bond motifs is 1. The molecule has 0 amide bonds. The number of hydrogen-bond donors (Lipinski definition) is 0. The van der Waals surface area contributed by atoms with Crippen molar-refractivity contribution >= 4 is 0 Å². The summed E-state index contributed by atoms with van der Waals surface area (Å²) in [7, 11) is 0. The first-order chi connectivity index (χ1) is 13.1. The monoisotopic (exact) mass is 356 g/mol. The van der Waals surface area contributed by atoms with Crippen LogP contribution >= 0.6 is 0 Å². The van der Waals surface area contributed by atoms with Gasteiger partial charge in [-0.05, 0) is 61.8 Å². The second-order valence-electron chi connectivity index (χ2n) is 7.18. The largest absolute Gasteiger partial charge is 0.276 e. The number of rotatable bonds is 2. The zero-order valence-corrected chi connectivity index (χ0v) is 15.4. The van der Waals surface area contributed by atoms with Crippen molar-refractivity contribution in [2.75, 3.05) is 0 Å². The van der Waals surface area contributed by atoms with E-state index in [1.165, 1.54) is 27.6 Å². The second kappa shape index (κ2) is 6.81. The van der Waals surface area contributed by atoms with E-state index in [-0.39, 0.29) is 5.56 Å². The number of aryl methyl sites for hydroxylation is 2. The van der Waals surface area contributed by atoms with E-state index in [4.69, 9.17) is 5.26 Å². The van der Waals surface area contributed by atoms with E-state index >= 15 is 0 Å². The molecule has 5 nitrogen and oxygen atoms in total. The number of benzene rings is 1. The molecule has 1 aliphatic rings. The van der Waals surface area contributed by atoms with Crippen molar-refractivity contribution in [1.29, 1.82) is 5.26 Å². The summed E-state index contributed by atoms with van der Waals surface area (Å²) in [5.41, 5.74) is 6.10. The number of aromatic nitrogens is 3. The Bertz CT molecular complexity index is 1120. The fourth-order valence-electron chi connectivity index (χ4n) is 3.97. The first-order valence-electron chi connectivity index (χ1n) is 9.10. The highest BCUT2D eigenvalue weighted by atomic mass is 16.1. The van der Waals surface area contributed by atoms with E-state index in [0.29, 0.717) is 17.3 Å². The van der Waals surface area contributed by atoms with Gasteiger partial charge in [-0.2, -0.15) is 15.0 Å². The topological polar surface area (TPSA) is 71.6 Å². The molecule has 2 aromatic heterocycles. The molecule has 0 bridgehead atoms. The molecule has 134 valence electrons. The molecule has 0 radical (unpaired) electrons. The SMILES string of the molecule is Cc1ccc(C2CCc3c(cnn(-c4cc(C#N)ccn4)c3=O)C2)c(C)c1. The van der Waals surface area contributed by atoms with Crippen molar-refractivity contribution in [2.24, 2.45) is 0 Å². The summed E-state index contributed by atoms with van der Waals surface area (Å²) in [6.07, 6.45) is 5.81. The molecule has 1 aromatic carbocycles. The van der Waals surface area contributed by atoms with Gasteiger partial charge in [0.25, 0.3) is 5.56 Å². The van der Waals surface area contributed by atoms with Gasteiger partial charge in [0.2, 0.25) is 0 Å². The lowest BCUT2D eigenvalue weighted by molar-refractivity contribution is 0.565. The predicted molar refractivity (Wildman–Crippen MR) is 103 cm³/mol. The lowest BCUT2D eigenvalue weighted by Gasteiger charge is -2.26. The minimum atomic E-state index is -0.130. The summed E-state index contributed by atoms with van der Waals surface area (Å²) in [4.78, 5) is 17.1. The Labute approximate surface area is 157 Å². The Balaban J connectivity index is 1.69.